The van der Waals surface area contributed by atoms with E-state index in [1.165, 1.54) is 6.33 Å². The van der Waals surface area contributed by atoms with Crippen molar-refractivity contribution in [2.45, 2.75) is 39.7 Å². The molecule has 0 radical (unpaired) electrons. The molecule has 0 unspecified atom stereocenters. The quantitative estimate of drug-likeness (QED) is 0.837. The minimum Gasteiger partial charge on any atom is -0.338 e. The fourth-order valence-corrected chi connectivity index (χ4v) is 3.19. The molecule has 0 aliphatic carbocycles. The molecule has 1 aliphatic heterocycles. The van der Waals surface area contributed by atoms with Crippen molar-refractivity contribution in [3.05, 3.63) is 36.2 Å². The molecule has 1 atom stereocenters. The fraction of sp³-hybridized carbons (Fsp3) is 0.588. The van der Waals surface area contributed by atoms with E-state index in [0.29, 0.717) is 17.4 Å². The highest BCUT2D eigenvalue weighted by Gasteiger charge is 2.25. The smallest absolute Gasteiger partial charge is 0.257 e. The molecular weight excluding hydrogens is 304 g/mol. The minimum absolute atomic E-state index is 0.0133. The third-order valence-corrected chi connectivity index (χ3v) is 4.26. The largest absolute Gasteiger partial charge is 0.338 e. The summed E-state index contributed by atoms with van der Waals surface area (Å²) in [5.41, 5.74) is 1.59. The number of carbonyl (C=O) groups excluding carboxylic acids is 1. The SMILES string of the molecule is CC(C)Cc1cn(C[C@H]2CCCN(C(=O)c3cncnc3)C2)nn1. The zero-order chi connectivity index (χ0) is 16.9. The Balaban J connectivity index is 1.59. The first-order chi connectivity index (χ1) is 11.6. The lowest BCUT2D eigenvalue weighted by Gasteiger charge is -2.32. The van der Waals surface area contributed by atoms with Gasteiger partial charge in [-0.3, -0.25) is 9.48 Å². The molecule has 1 fully saturated rings. The maximum atomic E-state index is 12.5. The second-order valence-electron chi connectivity index (χ2n) is 6.92. The Kier molecular flexibility index (Phi) is 5.17. The lowest BCUT2D eigenvalue weighted by Crippen LogP contribution is -2.41. The molecule has 0 saturated carbocycles. The van der Waals surface area contributed by atoms with Crippen LogP contribution >= 0.6 is 0 Å². The molecule has 0 spiro atoms. The summed E-state index contributed by atoms with van der Waals surface area (Å²) in [5, 5.41) is 8.47. The Hall–Kier alpha value is -2.31. The number of piperidine rings is 1. The van der Waals surface area contributed by atoms with Crippen LogP contribution in [-0.2, 0) is 13.0 Å². The first kappa shape index (κ1) is 16.5. The van der Waals surface area contributed by atoms with Gasteiger partial charge in [0.1, 0.15) is 6.33 Å². The van der Waals surface area contributed by atoms with Crippen LogP contribution in [0.2, 0.25) is 0 Å². The molecule has 0 N–H and O–H groups in total. The summed E-state index contributed by atoms with van der Waals surface area (Å²) < 4.78 is 1.92. The van der Waals surface area contributed by atoms with E-state index in [-0.39, 0.29) is 5.91 Å². The van der Waals surface area contributed by atoms with Gasteiger partial charge in [0.2, 0.25) is 0 Å². The van der Waals surface area contributed by atoms with E-state index in [2.05, 4.69) is 34.1 Å². The van der Waals surface area contributed by atoms with Crippen molar-refractivity contribution in [1.29, 1.82) is 0 Å². The number of nitrogens with zero attached hydrogens (tertiary/aromatic N) is 6. The van der Waals surface area contributed by atoms with Gasteiger partial charge in [0.15, 0.2) is 0 Å². The highest BCUT2D eigenvalue weighted by atomic mass is 16.2. The molecule has 3 rings (SSSR count). The van der Waals surface area contributed by atoms with Gasteiger partial charge in [-0.2, -0.15) is 0 Å². The Morgan fingerprint density at radius 3 is 2.88 bits per heavy atom. The Morgan fingerprint density at radius 1 is 1.33 bits per heavy atom. The second kappa shape index (κ2) is 7.51. The lowest BCUT2D eigenvalue weighted by molar-refractivity contribution is 0.0658. The zero-order valence-corrected chi connectivity index (χ0v) is 14.3. The van der Waals surface area contributed by atoms with Gasteiger partial charge in [-0.1, -0.05) is 19.1 Å². The molecule has 3 heterocycles. The molecule has 24 heavy (non-hydrogen) atoms. The lowest BCUT2D eigenvalue weighted by atomic mass is 9.97. The van der Waals surface area contributed by atoms with Gasteiger partial charge in [0.25, 0.3) is 5.91 Å². The highest BCUT2D eigenvalue weighted by molar-refractivity contribution is 5.93. The van der Waals surface area contributed by atoms with Crippen molar-refractivity contribution in [3.63, 3.8) is 0 Å². The normalized spacial score (nSPS) is 18.1. The van der Waals surface area contributed by atoms with Gasteiger partial charge >= 0.3 is 0 Å². The average Bonchev–Trinajstić information content (AvgIpc) is 3.01. The van der Waals surface area contributed by atoms with Crippen molar-refractivity contribution < 1.29 is 4.79 Å². The van der Waals surface area contributed by atoms with Crippen molar-refractivity contribution in [2.75, 3.05) is 13.1 Å². The van der Waals surface area contributed by atoms with Crippen LogP contribution in [0.1, 0.15) is 42.7 Å². The molecule has 7 nitrogen and oxygen atoms in total. The van der Waals surface area contributed by atoms with Crippen LogP contribution in [0.15, 0.2) is 24.9 Å². The standard InChI is InChI=1S/C17H24N6O/c1-13(2)6-16-11-23(21-20-16)10-14-4-3-5-22(9-14)17(24)15-7-18-12-19-8-15/h7-8,11-14H,3-6,9-10H2,1-2H3/t14-/m0/s1. The van der Waals surface area contributed by atoms with E-state index < -0.39 is 0 Å². The molecule has 7 heteroatoms. The number of likely N-dealkylation sites (tertiary alicyclic amines) is 1. The summed E-state index contributed by atoms with van der Waals surface area (Å²) in [7, 11) is 0. The maximum Gasteiger partial charge on any atom is 0.257 e. The van der Waals surface area contributed by atoms with Crippen molar-refractivity contribution in [1.82, 2.24) is 29.9 Å². The van der Waals surface area contributed by atoms with Crippen LogP contribution in [0.25, 0.3) is 0 Å². The summed E-state index contributed by atoms with van der Waals surface area (Å²) in [6, 6.07) is 0. The van der Waals surface area contributed by atoms with Gasteiger partial charge in [-0.15, -0.1) is 5.10 Å². The molecule has 0 bridgehead atoms. The molecule has 1 amide bonds. The van der Waals surface area contributed by atoms with Crippen LogP contribution in [0.3, 0.4) is 0 Å². The Bertz CT molecular complexity index is 669. The summed E-state index contributed by atoms with van der Waals surface area (Å²) in [6.45, 7) is 6.70. The summed E-state index contributed by atoms with van der Waals surface area (Å²) in [5.74, 6) is 0.992. The predicted molar refractivity (Wildman–Crippen MR) is 89.2 cm³/mol. The van der Waals surface area contributed by atoms with E-state index in [0.717, 1.165) is 44.6 Å². The van der Waals surface area contributed by atoms with E-state index in [9.17, 15) is 4.79 Å². The first-order valence-electron chi connectivity index (χ1n) is 8.55. The molecule has 1 saturated heterocycles. The number of amides is 1. The first-order valence-corrected chi connectivity index (χ1v) is 8.55. The molecular formula is C17H24N6O. The van der Waals surface area contributed by atoms with E-state index in [1.807, 2.05) is 15.8 Å². The topological polar surface area (TPSA) is 76.8 Å². The summed E-state index contributed by atoms with van der Waals surface area (Å²) in [4.78, 5) is 22.3. The maximum absolute atomic E-state index is 12.5. The van der Waals surface area contributed by atoms with E-state index in [4.69, 9.17) is 0 Å². The minimum atomic E-state index is 0.0133. The third kappa shape index (κ3) is 4.15. The van der Waals surface area contributed by atoms with E-state index >= 15 is 0 Å². The van der Waals surface area contributed by atoms with E-state index in [1.54, 1.807) is 12.4 Å². The van der Waals surface area contributed by atoms with Crippen molar-refractivity contribution >= 4 is 5.91 Å². The number of hydrogen-bond donors (Lipinski definition) is 0. The molecule has 0 aromatic carbocycles. The van der Waals surface area contributed by atoms with Gasteiger partial charge in [0.05, 0.1) is 11.3 Å². The number of carbonyl (C=O) groups is 1. The molecule has 128 valence electrons. The molecule has 1 aliphatic rings. The van der Waals surface area contributed by atoms with Crippen LogP contribution in [0.4, 0.5) is 0 Å². The van der Waals surface area contributed by atoms with Gasteiger partial charge in [-0.05, 0) is 31.1 Å². The number of hydrogen-bond acceptors (Lipinski definition) is 5. The van der Waals surface area contributed by atoms with Gasteiger partial charge < -0.3 is 4.90 Å². The fourth-order valence-electron chi connectivity index (χ4n) is 3.19. The molecule has 2 aromatic heterocycles. The monoisotopic (exact) mass is 328 g/mol. The van der Waals surface area contributed by atoms with Gasteiger partial charge in [0, 0.05) is 38.2 Å². The van der Waals surface area contributed by atoms with Crippen LogP contribution in [0.5, 0.6) is 0 Å². The van der Waals surface area contributed by atoms with Gasteiger partial charge in [-0.25, -0.2) is 9.97 Å². The van der Waals surface area contributed by atoms with Crippen LogP contribution < -0.4 is 0 Å². The average molecular weight is 328 g/mol. The zero-order valence-electron chi connectivity index (χ0n) is 14.3. The van der Waals surface area contributed by atoms with Crippen LogP contribution in [0, 0.1) is 11.8 Å². The summed E-state index contributed by atoms with van der Waals surface area (Å²) >= 11 is 0. The highest BCUT2D eigenvalue weighted by Crippen LogP contribution is 2.20. The Labute approximate surface area is 142 Å². The van der Waals surface area contributed by atoms with Crippen molar-refractivity contribution in [3.8, 4) is 0 Å². The number of rotatable bonds is 5. The molecule has 2 aromatic rings. The second-order valence-corrected chi connectivity index (χ2v) is 6.92. The third-order valence-electron chi connectivity index (χ3n) is 4.26. The van der Waals surface area contributed by atoms with Crippen LogP contribution in [-0.4, -0.2) is 48.9 Å². The van der Waals surface area contributed by atoms with Crippen molar-refractivity contribution in [2.24, 2.45) is 11.8 Å². The Morgan fingerprint density at radius 2 is 2.12 bits per heavy atom. The number of aromatic nitrogens is 5. The summed E-state index contributed by atoms with van der Waals surface area (Å²) in [6.07, 6.45) is 9.69. The predicted octanol–water partition coefficient (Wildman–Crippen LogP) is 1.82.